The zero-order chi connectivity index (χ0) is 17.5. The molecule has 0 spiro atoms. The molecule has 0 aliphatic rings. The summed E-state index contributed by atoms with van der Waals surface area (Å²) in [6, 6.07) is 14.5. The lowest BCUT2D eigenvalue weighted by Crippen LogP contribution is -2.10. The maximum absolute atomic E-state index is 9.31. The van der Waals surface area contributed by atoms with E-state index in [2.05, 4.69) is 46.6 Å². The van der Waals surface area contributed by atoms with Crippen LogP contribution >= 0.6 is 0 Å². The van der Waals surface area contributed by atoms with Crippen molar-refractivity contribution in [2.45, 2.75) is 32.9 Å². The highest BCUT2D eigenvalue weighted by Crippen LogP contribution is 2.23. The van der Waals surface area contributed by atoms with Gasteiger partial charge in [0, 0.05) is 30.6 Å². The average molecular weight is 336 g/mol. The minimum Gasteiger partial charge on any atom is -0.394 e. The van der Waals surface area contributed by atoms with Crippen LogP contribution in [0.1, 0.15) is 24.5 Å². The Bertz CT molecular complexity index is 781. The molecule has 2 aromatic heterocycles. The number of hydrogen-bond acceptors (Lipinski definition) is 4. The van der Waals surface area contributed by atoms with Gasteiger partial charge in [0.25, 0.3) is 0 Å². The van der Waals surface area contributed by atoms with Crippen molar-refractivity contribution in [1.82, 2.24) is 14.8 Å². The summed E-state index contributed by atoms with van der Waals surface area (Å²) in [4.78, 5) is 4.03. The molecule has 0 amide bonds. The molecule has 0 saturated carbocycles. The second-order valence-corrected chi connectivity index (χ2v) is 6.02. The number of pyridine rings is 1. The van der Waals surface area contributed by atoms with Crippen molar-refractivity contribution in [3.63, 3.8) is 0 Å². The van der Waals surface area contributed by atoms with Crippen LogP contribution in [-0.2, 0) is 19.5 Å². The number of nitrogens with zero attached hydrogens (tertiary/aromatic N) is 3. The van der Waals surface area contributed by atoms with Crippen molar-refractivity contribution < 1.29 is 5.11 Å². The zero-order valence-electron chi connectivity index (χ0n) is 14.5. The van der Waals surface area contributed by atoms with E-state index in [1.165, 1.54) is 5.56 Å². The van der Waals surface area contributed by atoms with Gasteiger partial charge in [-0.3, -0.25) is 4.98 Å². The van der Waals surface area contributed by atoms with Gasteiger partial charge in [0.1, 0.15) is 5.82 Å². The Hall–Kier alpha value is -2.66. The molecule has 130 valence electrons. The molecule has 5 heteroatoms. The van der Waals surface area contributed by atoms with Crippen LogP contribution in [-0.4, -0.2) is 26.5 Å². The summed E-state index contributed by atoms with van der Waals surface area (Å²) >= 11 is 0. The lowest BCUT2D eigenvalue weighted by atomic mass is 10.1. The average Bonchev–Trinajstić information content (AvgIpc) is 3.05. The van der Waals surface area contributed by atoms with Gasteiger partial charge in [-0.05, 0) is 29.7 Å². The molecule has 0 bridgehead atoms. The van der Waals surface area contributed by atoms with Crippen LogP contribution in [0.2, 0.25) is 0 Å². The van der Waals surface area contributed by atoms with Gasteiger partial charge in [0.05, 0.1) is 18.8 Å². The van der Waals surface area contributed by atoms with Crippen molar-refractivity contribution >= 4 is 5.82 Å². The minimum atomic E-state index is 0.0560. The second kappa shape index (κ2) is 8.44. The summed E-state index contributed by atoms with van der Waals surface area (Å²) in [5, 5.41) is 17.3. The van der Waals surface area contributed by atoms with Crippen molar-refractivity contribution in [1.29, 1.82) is 0 Å². The molecule has 3 rings (SSSR count). The van der Waals surface area contributed by atoms with E-state index in [9.17, 15) is 5.11 Å². The molecule has 0 unspecified atom stereocenters. The predicted molar refractivity (Wildman–Crippen MR) is 100 cm³/mol. The van der Waals surface area contributed by atoms with Crippen LogP contribution in [0, 0.1) is 0 Å². The largest absolute Gasteiger partial charge is 0.394 e. The maximum Gasteiger partial charge on any atom is 0.125 e. The van der Waals surface area contributed by atoms with Crippen LogP contribution in [0.3, 0.4) is 0 Å². The number of benzene rings is 1. The topological polar surface area (TPSA) is 63.0 Å². The monoisotopic (exact) mass is 336 g/mol. The predicted octanol–water partition coefficient (Wildman–Crippen LogP) is 3.50. The molecule has 0 saturated heterocycles. The van der Waals surface area contributed by atoms with E-state index in [1.54, 1.807) is 12.4 Å². The highest BCUT2D eigenvalue weighted by molar-refractivity contribution is 5.63. The van der Waals surface area contributed by atoms with Crippen molar-refractivity contribution in [2.24, 2.45) is 0 Å². The Balaban J connectivity index is 1.78. The fourth-order valence-corrected chi connectivity index (χ4v) is 2.79. The fraction of sp³-hybridized carbons (Fsp3) is 0.300. The first-order valence-corrected chi connectivity index (χ1v) is 8.71. The van der Waals surface area contributed by atoms with E-state index >= 15 is 0 Å². The molecular weight excluding hydrogens is 312 g/mol. The molecule has 5 nitrogen and oxygen atoms in total. The van der Waals surface area contributed by atoms with Gasteiger partial charge >= 0.3 is 0 Å². The smallest absolute Gasteiger partial charge is 0.125 e. The quantitative estimate of drug-likeness (QED) is 0.661. The third-order valence-corrected chi connectivity index (χ3v) is 4.10. The Morgan fingerprint density at radius 2 is 1.80 bits per heavy atom. The Kier molecular flexibility index (Phi) is 5.80. The van der Waals surface area contributed by atoms with E-state index in [1.807, 2.05) is 22.9 Å². The number of aliphatic hydroxyl groups is 1. The first-order chi connectivity index (χ1) is 12.3. The molecule has 3 aromatic rings. The van der Waals surface area contributed by atoms with Gasteiger partial charge in [-0.1, -0.05) is 37.6 Å². The van der Waals surface area contributed by atoms with Gasteiger partial charge in [0.15, 0.2) is 0 Å². The number of aromatic nitrogens is 3. The van der Waals surface area contributed by atoms with Gasteiger partial charge in [-0.15, -0.1) is 0 Å². The number of aryl methyl sites for hydroxylation is 1. The number of rotatable bonds is 8. The summed E-state index contributed by atoms with van der Waals surface area (Å²) < 4.78 is 1.82. The third-order valence-electron chi connectivity index (χ3n) is 4.10. The van der Waals surface area contributed by atoms with Crippen LogP contribution in [0.15, 0.2) is 54.9 Å². The summed E-state index contributed by atoms with van der Waals surface area (Å²) in [7, 11) is 0. The molecule has 25 heavy (non-hydrogen) atoms. The molecule has 2 N–H and O–H groups in total. The molecule has 0 fully saturated rings. The van der Waals surface area contributed by atoms with Gasteiger partial charge < -0.3 is 10.4 Å². The molecule has 0 aliphatic heterocycles. The van der Waals surface area contributed by atoms with Gasteiger partial charge in [-0.25, -0.2) is 4.68 Å². The molecule has 2 heterocycles. The molecular formula is C20H24N4O. The molecule has 1 aromatic carbocycles. The summed E-state index contributed by atoms with van der Waals surface area (Å²) in [6.07, 6.45) is 5.81. The first-order valence-electron chi connectivity index (χ1n) is 8.71. The van der Waals surface area contributed by atoms with Crippen LogP contribution in [0.4, 0.5) is 5.82 Å². The standard InChI is InChI=1S/C20H24N4O/c1-2-3-16-4-6-18(7-5-16)19-14-20(24(23-19)12-13-25)22-15-17-8-10-21-11-9-17/h4-11,14,22,25H,2-3,12-13,15H2,1H3. The summed E-state index contributed by atoms with van der Waals surface area (Å²) in [5.41, 5.74) is 4.49. The van der Waals surface area contributed by atoms with E-state index in [-0.39, 0.29) is 6.61 Å². The first kappa shape index (κ1) is 17.2. The molecule has 0 atom stereocenters. The fourth-order valence-electron chi connectivity index (χ4n) is 2.79. The van der Waals surface area contributed by atoms with Crippen molar-refractivity contribution in [2.75, 3.05) is 11.9 Å². The van der Waals surface area contributed by atoms with Gasteiger partial charge in [-0.2, -0.15) is 5.10 Å². The highest BCUT2D eigenvalue weighted by Gasteiger charge is 2.09. The maximum atomic E-state index is 9.31. The van der Waals surface area contributed by atoms with E-state index < -0.39 is 0 Å². The SMILES string of the molecule is CCCc1ccc(-c2cc(NCc3ccncc3)n(CCO)n2)cc1. The van der Waals surface area contributed by atoms with E-state index in [0.29, 0.717) is 13.1 Å². The van der Waals surface area contributed by atoms with Crippen LogP contribution in [0.5, 0.6) is 0 Å². The normalized spacial score (nSPS) is 10.8. The summed E-state index contributed by atoms with van der Waals surface area (Å²) in [6.45, 7) is 3.40. The summed E-state index contributed by atoms with van der Waals surface area (Å²) in [5.74, 6) is 0.901. The lowest BCUT2D eigenvalue weighted by molar-refractivity contribution is 0.270. The minimum absolute atomic E-state index is 0.0560. The molecule has 0 radical (unpaired) electrons. The van der Waals surface area contributed by atoms with Crippen LogP contribution in [0.25, 0.3) is 11.3 Å². The van der Waals surface area contributed by atoms with Crippen molar-refractivity contribution in [3.05, 3.63) is 66.0 Å². The number of nitrogens with one attached hydrogen (secondary N) is 1. The van der Waals surface area contributed by atoms with E-state index in [0.717, 1.165) is 35.5 Å². The Morgan fingerprint density at radius 1 is 1.04 bits per heavy atom. The van der Waals surface area contributed by atoms with Crippen LogP contribution < -0.4 is 5.32 Å². The number of hydrogen-bond donors (Lipinski definition) is 2. The molecule has 0 aliphatic carbocycles. The van der Waals surface area contributed by atoms with Crippen molar-refractivity contribution in [3.8, 4) is 11.3 Å². The Labute approximate surface area is 148 Å². The lowest BCUT2D eigenvalue weighted by Gasteiger charge is -2.08. The van der Waals surface area contributed by atoms with E-state index in [4.69, 9.17) is 0 Å². The Morgan fingerprint density at radius 3 is 2.48 bits per heavy atom. The third kappa shape index (κ3) is 4.45. The number of anilines is 1. The highest BCUT2D eigenvalue weighted by atomic mass is 16.3. The second-order valence-electron chi connectivity index (χ2n) is 6.02. The number of aliphatic hydroxyl groups excluding tert-OH is 1. The van der Waals surface area contributed by atoms with Gasteiger partial charge in [0.2, 0.25) is 0 Å². The zero-order valence-corrected chi connectivity index (χ0v) is 14.5.